The van der Waals surface area contributed by atoms with Crippen LogP contribution in [0.2, 0.25) is 0 Å². The molecule has 1 aromatic rings. The minimum atomic E-state index is -0.549. The second-order valence-corrected chi connectivity index (χ2v) is 6.31. The smallest absolute Gasteiger partial charge is 0.427 e. The maximum Gasteiger partial charge on any atom is 0.427 e. The Morgan fingerprint density at radius 2 is 2.13 bits per heavy atom. The Hall–Kier alpha value is -2.02. The highest BCUT2D eigenvalue weighted by Gasteiger charge is 2.17. The maximum absolute atomic E-state index is 11.2. The molecule has 6 nitrogen and oxygen atoms in total. The Bertz CT molecular complexity index is 599. The summed E-state index contributed by atoms with van der Waals surface area (Å²) >= 11 is 1.79. The SMILES string of the molecule is CCOC(=O)N/N=C(/C)c1ccc(NC2=NC[C@@H](CC)S2)cc1. The monoisotopic (exact) mass is 334 g/mol. The minimum absolute atomic E-state index is 0.321. The molecule has 0 aromatic heterocycles. The van der Waals surface area contributed by atoms with Crippen LogP contribution in [0.1, 0.15) is 32.8 Å². The Morgan fingerprint density at radius 1 is 1.39 bits per heavy atom. The number of carbonyl (C=O) groups excluding carboxylic acids is 1. The van der Waals surface area contributed by atoms with Gasteiger partial charge in [0.25, 0.3) is 0 Å². The fourth-order valence-electron chi connectivity index (χ4n) is 1.97. The number of ether oxygens (including phenoxy) is 1. The normalized spacial score (nSPS) is 17.6. The van der Waals surface area contributed by atoms with Crippen molar-refractivity contribution in [3.8, 4) is 0 Å². The van der Waals surface area contributed by atoms with Crippen LogP contribution in [0.4, 0.5) is 10.5 Å². The van der Waals surface area contributed by atoms with Crippen LogP contribution in [0.15, 0.2) is 34.4 Å². The molecular weight excluding hydrogens is 312 g/mol. The van der Waals surface area contributed by atoms with Crippen molar-refractivity contribution in [1.29, 1.82) is 0 Å². The van der Waals surface area contributed by atoms with Crippen molar-refractivity contribution in [1.82, 2.24) is 5.43 Å². The van der Waals surface area contributed by atoms with Gasteiger partial charge in [0, 0.05) is 10.9 Å². The number of nitrogens with one attached hydrogen (secondary N) is 2. The second-order valence-electron chi connectivity index (χ2n) is 5.03. The number of benzene rings is 1. The molecule has 1 aliphatic rings. The zero-order valence-electron chi connectivity index (χ0n) is 13.6. The molecule has 1 heterocycles. The largest absolute Gasteiger partial charge is 0.449 e. The van der Waals surface area contributed by atoms with Crippen molar-refractivity contribution in [2.24, 2.45) is 10.1 Å². The van der Waals surface area contributed by atoms with E-state index in [-0.39, 0.29) is 0 Å². The summed E-state index contributed by atoms with van der Waals surface area (Å²) in [6, 6.07) is 7.85. The average molecular weight is 334 g/mol. The lowest BCUT2D eigenvalue weighted by molar-refractivity contribution is 0.152. The zero-order chi connectivity index (χ0) is 16.7. The number of hydrogen-bond donors (Lipinski definition) is 2. The van der Waals surface area contributed by atoms with Crippen molar-refractivity contribution in [3.63, 3.8) is 0 Å². The Labute approximate surface area is 140 Å². The lowest BCUT2D eigenvalue weighted by Crippen LogP contribution is -2.20. The van der Waals surface area contributed by atoms with E-state index >= 15 is 0 Å². The number of nitrogens with zero attached hydrogens (tertiary/aromatic N) is 2. The summed E-state index contributed by atoms with van der Waals surface area (Å²) < 4.78 is 4.76. The third-order valence-electron chi connectivity index (χ3n) is 3.32. The highest BCUT2D eigenvalue weighted by Crippen LogP contribution is 2.24. The van der Waals surface area contributed by atoms with Crippen LogP contribution < -0.4 is 10.7 Å². The first kappa shape index (κ1) is 17.3. The van der Waals surface area contributed by atoms with Crippen molar-refractivity contribution in [2.75, 3.05) is 18.5 Å². The fourth-order valence-corrected chi connectivity index (χ4v) is 2.93. The molecule has 0 fully saturated rings. The fraction of sp³-hybridized carbons (Fsp3) is 0.438. The molecule has 0 bridgehead atoms. The molecule has 0 radical (unpaired) electrons. The van der Waals surface area contributed by atoms with E-state index in [9.17, 15) is 4.79 Å². The third kappa shape index (κ3) is 5.28. The van der Waals surface area contributed by atoms with Crippen LogP contribution in [0.25, 0.3) is 0 Å². The highest BCUT2D eigenvalue weighted by atomic mass is 32.2. The van der Waals surface area contributed by atoms with Crippen molar-refractivity contribution < 1.29 is 9.53 Å². The number of amides is 1. The number of carbonyl (C=O) groups is 1. The van der Waals surface area contributed by atoms with E-state index in [0.717, 1.165) is 29.4 Å². The molecule has 7 heteroatoms. The van der Waals surface area contributed by atoms with Gasteiger partial charge in [0.15, 0.2) is 5.17 Å². The Kier molecular flexibility index (Phi) is 6.46. The molecule has 0 saturated carbocycles. The number of aliphatic imine (C=N–C) groups is 1. The van der Waals surface area contributed by atoms with E-state index in [4.69, 9.17) is 4.74 Å². The summed E-state index contributed by atoms with van der Waals surface area (Å²) in [5.41, 5.74) is 4.99. The summed E-state index contributed by atoms with van der Waals surface area (Å²) in [6.45, 7) is 6.96. The number of hydrazone groups is 1. The first-order chi connectivity index (χ1) is 11.1. The van der Waals surface area contributed by atoms with Crippen molar-refractivity contribution in [3.05, 3.63) is 29.8 Å². The molecule has 1 amide bonds. The number of thioether (sulfide) groups is 1. The van der Waals surface area contributed by atoms with Gasteiger partial charge in [0.1, 0.15) is 0 Å². The number of rotatable bonds is 5. The molecular formula is C16H22N4O2S. The second kappa shape index (κ2) is 8.57. The molecule has 0 saturated heterocycles. The predicted octanol–water partition coefficient (Wildman–Crippen LogP) is 3.45. The standard InChI is InChI=1S/C16H22N4O2S/c1-4-14-10-17-15(23-14)18-13-8-6-12(7-9-13)11(3)19-20-16(21)22-5-2/h6-9,14H,4-5,10H2,1-3H3,(H,17,18)(H,20,21)/b19-11-/t14-/m1/s1. The molecule has 2 rings (SSSR count). The highest BCUT2D eigenvalue weighted by molar-refractivity contribution is 8.15. The first-order valence-corrected chi connectivity index (χ1v) is 8.56. The molecule has 1 atom stereocenters. The van der Waals surface area contributed by atoms with Crippen LogP contribution in [0.3, 0.4) is 0 Å². The maximum atomic E-state index is 11.2. The molecule has 2 N–H and O–H groups in total. The summed E-state index contributed by atoms with van der Waals surface area (Å²) in [5, 5.41) is 8.89. The lowest BCUT2D eigenvalue weighted by Gasteiger charge is -2.08. The van der Waals surface area contributed by atoms with Gasteiger partial charge in [0.05, 0.1) is 18.9 Å². The van der Waals surface area contributed by atoms with E-state index < -0.39 is 6.09 Å². The Morgan fingerprint density at radius 3 is 2.74 bits per heavy atom. The Balaban J connectivity index is 1.91. The van der Waals surface area contributed by atoms with Crippen LogP contribution >= 0.6 is 11.8 Å². The lowest BCUT2D eigenvalue weighted by atomic mass is 10.1. The number of hydrogen-bond acceptors (Lipinski definition) is 6. The van der Waals surface area contributed by atoms with E-state index in [1.54, 1.807) is 18.7 Å². The summed E-state index contributed by atoms with van der Waals surface area (Å²) in [5.74, 6) is 0. The minimum Gasteiger partial charge on any atom is -0.449 e. The molecule has 124 valence electrons. The van der Waals surface area contributed by atoms with Gasteiger partial charge in [-0.3, -0.25) is 4.99 Å². The molecule has 23 heavy (non-hydrogen) atoms. The molecule has 1 aromatic carbocycles. The van der Waals surface area contributed by atoms with E-state index in [0.29, 0.717) is 17.6 Å². The van der Waals surface area contributed by atoms with Gasteiger partial charge in [-0.2, -0.15) is 5.10 Å². The molecule has 0 spiro atoms. The van der Waals surface area contributed by atoms with E-state index in [2.05, 4.69) is 27.8 Å². The van der Waals surface area contributed by atoms with Crippen LogP contribution in [0, 0.1) is 0 Å². The topological polar surface area (TPSA) is 75.1 Å². The van der Waals surface area contributed by atoms with E-state index in [1.165, 1.54) is 0 Å². The molecule has 0 aliphatic carbocycles. The summed E-state index contributed by atoms with van der Waals surface area (Å²) in [4.78, 5) is 15.7. The quantitative estimate of drug-likeness (QED) is 0.639. The summed E-state index contributed by atoms with van der Waals surface area (Å²) in [6.07, 6.45) is 0.577. The molecule has 0 unspecified atom stereocenters. The average Bonchev–Trinajstić information content (AvgIpc) is 3.01. The van der Waals surface area contributed by atoms with Gasteiger partial charge in [-0.15, -0.1) is 0 Å². The van der Waals surface area contributed by atoms with Gasteiger partial charge >= 0.3 is 6.09 Å². The van der Waals surface area contributed by atoms with E-state index in [1.807, 2.05) is 31.2 Å². The van der Waals surface area contributed by atoms with Crippen LogP contribution in [-0.2, 0) is 4.74 Å². The van der Waals surface area contributed by atoms with Gasteiger partial charge < -0.3 is 10.1 Å². The summed E-state index contributed by atoms with van der Waals surface area (Å²) in [7, 11) is 0. The van der Waals surface area contributed by atoms with Crippen molar-refractivity contribution >= 4 is 34.4 Å². The van der Waals surface area contributed by atoms with Gasteiger partial charge in [-0.1, -0.05) is 30.8 Å². The number of amidine groups is 1. The van der Waals surface area contributed by atoms with Gasteiger partial charge in [0.2, 0.25) is 0 Å². The van der Waals surface area contributed by atoms with Gasteiger partial charge in [-0.05, 0) is 38.0 Å². The molecule has 1 aliphatic heterocycles. The van der Waals surface area contributed by atoms with Crippen molar-refractivity contribution in [2.45, 2.75) is 32.4 Å². The van der Waals surface area contributed by atoms with Crippen LogP contribution in [-0.4, -0.2) is 35.4 Å². The van der Waals surface area contributed by atoms with Crippen LogP contribution in [0.5, 0.6) is 0 Å². The zero-order valence-corrected chi connectivity index (χ0v) is 14.4. The first-order valence-electron chi connectivity index (χ1n) is 7.68. The van der Waals surface area contributed by atoms with Gasteiger partial charge in [-0.25, -0.2) is 10.2 Å². The third-order valence-corrected chi connectivity index (χ3v) is 4.59. The number of anilines is 1. The predicted molar refractivity (Wildman–Crippen MR) is 96.4 cm³/mol.